The van der Waals surface area contributed by atoms with Gasteiger partial charge in [0.15, 0.2) is 0 Å². The first-order valence-electron chi connectivity index (χ1n) is 5.42. The number of alkyl halides is 4. The number of imidazole rings is 1. The second kappa shape index (κ2) is 5.64. The molecule has 0 saturated heterocycles. The van der Waals surface area contributed by atoms with E-state index in [9.17, 15) is 13.2 Å². The zero-order valence-corrected chi connectivity index (χ0v) is 11.2. The van der Waals surface area contributed by atoms with Crippen molar-refractivity contribution in [2.75, 3.05) is 0 Å². The molecular formula is C12H10BrF3N2O. The molecule has 2 rings (SSSR count). The van der Waals surface area contributed by atoms with Gasteiger partial charge in [-0.1, -0.05) is 28.1 Å². The van der Waals surface area contributed by atoms with Crippen molar-refractivity contribution in [1.29, 1.82) is 0 Å². The Morgan fingerprint density at radius 1 is 1.26 bits per heavy atom. The van der Waals surface area contributed by atoms with Crippen LogP contribution in [0.5, 0.6) is 5.75 Å². The molecule has 0 fully saturated rings. The highest BCUT2D eigenvalue weighted by Gasteiger charge is 2.31. The third-order valence-corrected chi connectivity index (χ3v) is 3.26. The molecule has 0 radical (unpaired) electrons. The molecule has 7 heteroatoms. The SMILES string of the molecule is FC(F)(F)Oc1ccc(C(Br)Cc2ncc[nH]2)cc1. The van der Waals surface area contributed by atoms with Crippen molar-refractivity contribution in [3.8, 4) is 5.75 Å². The smallest absolute Gasteiger partial charge is 0.406 e. The summed E-state index contributed by atoms with van der Waals surface area (Å²) in [5, 5.41) is 0. The maximum Gasteiger partial charge on any atom is 0.573 e. The average Bonchev–Trinajstić information content (AvgIpc) is 2.80. The third-order valence-electron chi connectivity index (χ3n) is 2.40. The maximum absolute atomic E-state index is 12.0. The molecule has 0 aliphatic rings. The van der Waals surface area contributed by atoms with Gasteiger partial charge in [-0.3, -0.25) is 0 Å². The number of benzene rings is 1. The van der Waals surface area contributed by atoms with Crippen molar-refractivity contribution in [3.63, 3.8) is 0 Å². The van der Waals surface area contributed by atoms with Gasteiger partial charge in [0.05, 0.1) is 0 Å². The van der Waals surface area contributed by atoms with Gasteiger partial charge in [-0.05, 0) is 17.7 Å². The molecule has 19 heavy (non-hydrogen) atoms. The van der Waals surface area contributed by atoms with Crippen molar-refractivity contribution in [2.45, 2.75) is 17.6 Å². The van der Waals surface area contributed by atoms with Crippen LogP contribution in [0.15, 0.2) is 36.7 Å². The van der Waals surface area contributed by atoms with E-state index >= 15 is 0 Å². The lowest BCUT2D eigenvalue weighted by molar-refractivity contribution is -0.274. The van der Waals surface area contributed by atoms with E-state index in [1.165, 1.54) is 12.1 Å². The van der Waals surface area contributed by atoms with Crippen LogP contribution < -0.4 is 4.74 Å². The molecule has 0 aliphatic carbocycles. The molecular weight excluding hydrogens is 325 g/mol. The Balaban J connectivity index is 2.01. The van der Waals surface area contributed by atoms with E-state index in [4.69, 9.17) is 0 Å². The van der Waals surface area contributed by atoms with Gasteiger partial charge in [0.2, 0.25) is 0 Å². The monoisotopic (exact) mass is 334 g/mol. The lowest BCUT2D eigenvalue weighted by Gasteiger charge is -2.11. The number of nitrogens with zero attached hydrogens (tertiary/aromatic N) is 1. The van der Waals surface area contributed by atoms with E-state index in [-0.39, 0.29) is 10.6 Å². The zero-order valence-electron chi connectivity index (χ0n) is 9.62. The molecule has 1 heterocycles. The molecule has 102 valence electrons. The van der Waals surface area contributed by atoms with Gasteiger partial charge in [-0.15, -0.1) is 13.2 Å². The summed E-state index contributed by atoms with van der Waals surface area (Å²) in [7, 11) is 0. The van der Waals surface area contributed by atoms with Gasteiger partial charge in [0.1, 0.15) is 11.6 Å². The van der Waals surface area contributed by atoms with Crippen LogP contribution in [-0.4, -0.2) is 16.3 Å². The Morgan fingerprint density at radius 2 is 1.95 bits per heavy atom. The first-order valence-corrected chi connectivity index (χ1v) is 6.33. The van der Waals surface area contributed by atoms with E-state index in [1.54, 1.807) is 24.5 Å². The van der Waals surface area contributed by atoms with Crippen molar-refractivity contribution >= 4 is 15.9 Å². The van der Waals surface area contributed by atoms with Gasteiger partial charge in [-0.25, -0.2) is 4.98 Å². The van der Waals surface area contributed by atoms with Crippen LogP contribution in [0.1, 0.15) is 16.2 Å². The van der Waals surface area contributed by atoms with Crippen LogP contribution in [0.25, 0.3) is 0 Å². The van der Waals surface area contributed by atoms with Gasteiger partial charge in [0.25, 0.3) is 0 Å². The second-order valence-corrected chi connectivity index (χ2v) is 4.93. The van der Waals surface area contributed by atoms with Gasteiger partial charge < -0.3 is 9.72 Å². The van der Waals surface area contributed by atoms with Crippen molar-refractivity contribution in [2.24, 2.45) is 0 Å². The van der Waals surface area contributed by atoms with Crippen LogP contribution >= 0.6 is 15.9 Å². The summed E-state index contributed by atoms with van der Waals surface area (Å²) in [5.74, 6) is 0.575. The molecule has 2 aromatic rings. The van der Waals surface area contributed by atoms with Crippen LogP contribution in [0.4, 0.5) is 13.2 Å². The number of hydrogen-bond acceptors (Lipinski definition) is 2. The summed E-state index contributed by atoms with van der Waals surface area (Å²) in [5.41, 5.74) is 0.853. The van der Waals surface area contributed by atoms with Crippen LogP contribution in [0, 0.1) is 0 Å². The summed E-state index contributed by atoms with van der Waals surface area (Å²) in [6, 6.07) is 5.76. The third kappa shape index (κ3) is 4.27. The number of hydrogen-bond donors (Lipinski definition) is 1. The molecule has 0 aliphatic heterocycles. The standard InChI is InChI=1S/C12H10BrF3N2O/c13-10(7-11-17-5-6-18-11)8-1-3-9(4-2-8)19-12(14,15)16/h1-6,10H,7H2,(H,17,18). The Hall–Kier alpha value is -1.50. The summed E-state index contributed by atoms with van der Waals surface area (Å²) >= 11 is 3.47. The first-order chi connectivity index (χ1) is 8.94. The molecule has 0 spiro atoms. The topological polar surface area (TPSA) is 37.9 Å². The Labute approximate surface area is 115 Å². The van der Waals surface area contributed by atoms with E-state index < -0.39 is 6.36 Å². The molecule has 1 aromatic heterocycles. The minimum atomic E-state index is -4.66. The highest BCUT2D eigenvalue weighted by atomic mass is 79.9. The average molecular weight is 335 g/mol. The number of H-pyrrole nitrogens is 1. The zero-order chi connectivity index (χ0) is 13.9. The van der Waals surface area contributed by atoms with Crippen LogP contribution in [0.2, 0.25) is 0 Å². The highest BCUT2D eigenvalue weighted by Crippen LogP contribution is 2.29. The summed E-state index contributed by atoms with van der Waals surface area (Å²) in [6.45, 7) is 0. The molecule has 1 unspecified atom stereocenters. The Kier molecular flexibility index (Phi) is 4.14. The maximum atomic E-state index is 12.0. The normalized spacial score (nSPS) is 13.3. The second-order valence-electron chi connectivity index (χ2n) is 3.82. The summed E-state index contributed by atoms with van der Waals surface area (Å²) in [4.78, 5) is 7.03. The quantitative estimate of drug-likeness (QED) is 0.858. The summed E-state index contributed by atoms with van der Waals surface area (Å²) < 4.78 is 39.8. The van der Waals surface area contributed by atoms with Gasteiger partial charge in [-0.2, -0.15) is 0 Å². The lowest BCUT2D eigenvalue weighted by atomic mass is 10.1. The van der Waals surface area contributed by atoms with Crippen molar-refractivity contribution < 1.29 is 17.9 Å². The largest absolute Gasteiger partial charge is 0.573 e. The van der Waals surface area contributed by atoms with E-state index in [2.05, 4.69) is 30.6 Å². The lowest BCUT2D eigenvalue weighted by Crippen LogP contribution is -2.17. The predicted molar refractivity (Wildman–Crippen MR) is 67.1 cm³/mol. The highest BCUT2D eigenvalue weighted by molar-refractivity contribution is 9.09. The minimum absolute atomic E-state index is 0.0291. The molecule has 1 aromatic carbocycles. The molecule has 3 nitrogen and oxygen atoms in total. The molecule has 1 atom stereocenters. The van der Waals surface area contributed by atoms with E-state index in [1.807, 2.05) is 0 Å². The number of aromatic nitrogens is 2. The number of ether oxygens (including phenoxy) is 1. The molecule has 0 amide bonds. The fourth-order valence-corrected chi connectivity index (χ4v) is 2.19. The number of nitrogens with one attached hydrogen (secondary N) is 1. The van der Waals surface area contributed by atoms with Gasteiger partial charge in [0, 0.05) is 23.6 Å². The van der Waals surface area contributed by atoms with E-state index in [0.29, 0.717) is 6.42 Å². The predicted octanol–water partition coefficient (Wildman–Crippen LogP) is 3.99. The number of aromatic amines is 1. The van der Waals surface area contributed by atoms with Crippen LogP contribution in [-0.2, 0) is 6.42 Å². The van der Waals surface area contributed by atoms with E-state index in [0.717, 1.165) is 11.4 Å². The molecule has 0 bridgehead atoms. The van der Waals surface area contributed by atoms with Crippen molar-refractivity contribution in [1.82, 2.24) is 9.97 Å². The number of rotatable bonds is 4. The summed E-state index contributed by atoms with van der Waals surface area (Å²) in [6.07, 6.45) is -0.680. The molecule has 0 saturated carbocycles. The number of halogens is 4. The first kappa shape index (κ1) is 13.9. The fourth-order valence-electron chi connectivity index (χ4n) is 1.58. The Morgan fingerprint density at radius 3 is 2.47 bits per heavy atom. The van der Waals surface area contributed by atoms with Crippen molar-refractivity contribution in [3.05, 3.63) is 48.0 Å². The minimum Gasteiger partial charge on any atom is -0.406 e. The van der Waals surface area contributed by atoms with Crippen LogP contribution in [0.3, 0.4) is 0 Å². The fraction of sp³-hybridized carbons (Fsp3) is 0.250. The Bertz CT molecular complexity index is 511. The van der Waals surface area contributed by atoms with Gasteiger partial charge >= 0.3 is 6.36 Å². The molecule has 1 N–H and O–H groups in total.